The summed E-state index contributed by atoms with van der Waals surface area (Å²) in [7, 11) is 1.62. The molecule has 3 heterocycles. The van der Waals surface area contributed by atoms with Crippen LogP contribution in [0.1, 0.15) is 28.4 Å². The molecular formula is C27H23F2N5O3. The number of hydrogen-bond donors (Lipinski definition) is 2. The molecule has 2 N–H and O–H groups in total. The molecule has 0 saturated heterocycles. The monoisotopic (exact) mass is 503 g/mol. The Morgan fingerprint density at radius 3 is 2.46 bits per heavy atom. The molecule has 3 aromatic heterocycles. The van der Waals surface area contributed by atoms with Crippen molar-refractivity contribution in [2.24, 2.45) is 0 Å². The van der Waals surface area contributed by atoms with Crippen LogP contribution in [0, 0.1) is 11.8 Å². The number of rotatable bonds is 8. The molecule has 1 unspecified atom stereocenters. The number of ketones is 1. The first-order valence-electron chi connectivity index (χ1n) is 11.3. The minimum absolute atomic E-state index is 0.0268. The van der Waals surface area contributed by atoms with Crippen LogP contribution in [0.4, 0.5) is 14.5 Å². The SMILES string of the molecule is CNC(C)C(=O)Nc1ccc(-c2ccnc(F)c2)n(Cc2cncc(C(=O)c3ccc(F)cc3)c2)c1=O. The first kappa shape index (κ1) is 25.5. The number of likely N-dealkylation sites (N-methyl/N-ethyl adjacent to an activating group) is 1. The van der Waals surface area contributed by atoms with Crippen molar-refractivity contribution in [1.29, 1.82) is 0 Å². The molecule has 0 aliphatic carbocycles. The Kier molecular flexibility index (Phi) is 7.59. The average molecular weight is 504 g/mol. The lowest BCUT2D eigenvalue weighted by molar-refractivity contribution is -0.117. The van der Waals surface area contributed by atoms with Gasteiger partial charge in [0.1, 0.15) is 11.5 Å². The lowest BCUT2D eigenvalue weighted by Crippen LogP contribution is -2.37. The van der Waals surface area contributed by atoms with Gasteiger partial charge in [0.05, 0.1) is 18.3 Å². The van der Waals surface area contributed by atoms with Crippen molar-refractivity contribution in [3.8, 4) is 11.3 Å². The van der Waals surface area contributed by atoms with E-state index in [-0.39, 0.29) is 29.1 Å². The highest BCUT2D eigenvalue weighted by Gasteiger charge is 2.17. The second kappa shape index (κ2) is 11.0. The molecule has 0 radical (unpaired) electrons. The number of benzene rings is 1. The Morgan fingerprint density at radius 1 is 1.00 bits per heavy atom. The Morgan fingerprint density at radius 2 is 1.76 bits per heavy atom. The Labute approximate surface area is 211 Å². The van der Waals surface area contributed by atoms with E-state index in [4.69, 9.17) is 0 Å². The van der Waals surface area contributed by atoms with E-state index in [0.717, 1.165) is 0 Å². The Hall–Kier alpha value is -4.57. The molecule has 1 atom stereocenters. The molecule has 10 heteroatoms. The number of carbonyl (C=O) groups excluding carboxylic acids is 2. The van der Waals surface area contributed by atoms with Crippen LogP contribution in [-0.4, -0.2) is 39.3 Å². The van der Waals surface area contributed by atoms with Crippen molar-refractivity contribution in [1.82, 2.24) is 19.9 Å². The maximum atomic E-state index is 13.9. The topological polar surface area (TPSA) is 106 Å². The summed E-state index contributed by atoms with van der Waals surface area (Å²) in [4.78, 5) is 46.4. The van der Waals surface area contributed by atoms with Crippen molar-refractivity contribution in [2.45, 2.75) is 19.5 Å². The molecule has 0 fully saturated rings. The van der Waals surface area contributed by atoms with E-state index in [1.807, 2.05) is 0 Å². The van der Waals surface area contributed by atoms with Crippen LogP contribution in [0.5, 0.6) is 0 Å². The van der Waals surface area contributed by atoms with Crippen LogP contribution >= 0.6 is 0 Å². The maximum absolute atomic E-state index is 13.9. The third-order valence-corrected chi connectivity index (χ3v) is 5.78. The van der Waals surface area contributed by atoms with E-state index in [0.29, 0.717) is 16.8 Å². The molecule has 37 heavy (non-hydrogen) atoms. The van der Waals surface area contributed by atoms with Gasteiger partial charge in [0.2, 0.25) is 11.9 Å². The fourth-order valence-electron chi connectivity index (χ4n) is 3.67. The second-order valence-corrected chi connectivity index (χ2v) is 8.31. The standard InChI is InChI=1S/C27H23F2N5O3/c1-16(30-2)26(36)33-22-7-8-23(19-9-10-32-24(29)12-19)34(27(22)37)15-17-11-20(14-31-13-17)25(35)18-3-5-21(28)6-4-18/h3-14,16,30H,15H2,1-2H3,(H,33,36). The molecule has 1 aromatic carbocycles. The number of amides is 1. The fraction of sp³-hybridized carbons (Fsp3) is 0.148. The van der Waals surface area contributed by atoms with Crippen molar-refractivity contribution >= 4 is 17.4 Å². The molecule has 8 nitrogen and oxygen atoms in total. The normalized spacial score (nSPS) is 11.7. The molecule has 4 rings (SSSR count). The van der Waals surface area contributed by atoms with Crippen LogP contribution in [0.3, 0.4) is 0 Å². The van der Waals surface area contributed by atoms with Crippen molar-refractivity contribution in [3.05, 3.63) is 112 Å². The van der Waals surface area contributed by atoms with Gasteiger partial charge in [-0.1, -0.05) is 0 Å². The number of nitrogens with zero attached hydrogens (tertiary/aromatic N) is 3. The predicted octanol–water partition coefficient (Wildman–Crippen LogP) is 3.41. The van der Waals surface area contributed by atoms with Crippen LogP contribution in [0.15, 0.2) is 78.0 Å². The molecule has 0 bridgehead atoms. The molecular weight excluding hydrogens is 480 g/mol. The molecule has 0 aliphatic heterocycles. The number of hydrogen-bond acceptors (Lipinski definition) is 6. The molecule has 0 aliphatic rings. The van der Waals surface area contributed by atoms with E-state index in [1.54, 1.807) is 32.2 Å². The summed E-state index contributed by atoms with van der Waals surface area (Å²) in [5.41, 5.74) is 1.34. The average Bonchev–Trinajstić information content (AvgIpc) is 2.90. The number of carbonyl (C=O) groups is 2. The van der Waals surface area contributed by atoms with Crippen LogP contribution in [0.25, 0.3) is 11.3 Å². The summed E-state index contributed by atoms with van der Waals surface area (Å²) in [5.74, 6) is -1.94. The van der Waals surface area contributed by atoms with Gasteiger partial charge in [0.15, 0.2) is 5.78 Å². The Bertz CT molecular complexity index is 1520. The summed E-state index contributed by atoms with van der Waals surface area (Å²) in [6, 6.07) is 12.0. The highest BCUT2D eigenvalue weighted by atomic mass is 19.1. The van der Waals surface area contributed by atoms with Crippen molar-refractivity contribution in [2.75, 3.05) is 12.4 Å². The van der Waals surface area contributed by atoms with Crippen molar-refractivity contribution < 1.29 is 18.4 Å². The van der Waals surface area contributed by atoms with Crippen LogP contribution in [0.2, 0.25) is 0 Å². The molecule has 188 valence electrons. The predicted molar refractivity (Wildman–Crippen MR) is 134 cm³/mol. The third-order valence-electron chi connectivity index (χ3n) is 5.78. The third kappa shape index (κ3) is 5.81. The van der Waals surface area contributed by atoms with Gasteiger partial charge in [-0.15, -0.1) is 0 Å². The lowest BCUT2D eigenvalue weighted by atomic mass is 10.0. The lowest BCUT2D eigenvalue weighted by Gasteiger charge is -2.17. The minimum atomic E-state index is -0.717. The first-order chi connectivity index (χ1) is 17.8. The molecule has 0 spiro atoms. The molecule has 1 amide bonds. The van der Waals surface area contributed by atoms with E-state index in [9.17, 15) is 23.2 Å². The van der Waals surface area contributed by atoms with Gasteiger partial charge in [-0.05, 0) is 68.1 Å². The summed E-state index contributed by atoms with van der Waals surface area (Å²) in [6.45, 7) is 1.62. The minimum Gasteiger partial charge on any atom is -0.320 e. The highest BCUT2D eigenvalue weighted by molar-refractivity contribution is 6.08. The smallest absolute Gasteiger partial charge is 0.275 e. The van der Waals surface area contributed by atoms with E-state index in [2.05, 4.69) is 20.6 Å². The van der Waals surface area contributed by atoms with Gasteiger partial charge in [0, 0.05) is 41.3 Å². The van der Waals surface area contributed by atoms with Crippen LogP contribution in [-0.2, 0) is 11.3 Å². The quantitative estimate of drug-likeness (QED) is 0.282. The van der Waals surface area contributed by atoms with Gasteiger partial charge in [-0.2, -0.15) is 4.39 Å². The van der Waals surface area contributed by atoms with E-state index in [1.165, 1.54) is 59.6 Å². The molecule has 4 aromatic rings. The van der Waals surface area contributed by atoms with Gasteiger partial charge in [-0.25, -0.2) is 9.37 Å². The number of anilines is 1. The number of halogens is 2. The number of aromatic nitrogens is 3. The molecule has 0 saturated carbocycles. The largest absolute Gasteiger partial charge is 0.320 e. The number of pyridine rings is 3. The van der Waals surface area contributed by atoms with Gasteiger partial charge in [-0.3, -0.25) is 19.4 Å². The summed E-state index contributed by atoms with van der Waals surface area (Å²) in [6.07, 6.45) is 4.17. The van der Waals surface area contributed by atoms with Gasteiger partial charge in [0.25, 0.3) is 5.56 Å². The van der Waals surface area contributed by atoms with Gasteiger partial charge >= 0.3 is 0 Å². The fourth-order valence-corrected chi connectivity index (χ4v) is 3.67. The Balaban J connectivity index is 1.75. The van der Waals surface area contributed by atoms with E-state index >= 15 is 0 Å². The zero-order valence-corrected chi connectivity index (χ0v) is 20.0. The maximum Gasteiger partial charge on any atom is 0.275 e. The zero-order valence-electron chi connectivity index (χ0n) is 20.0. The summed E-state index contributed by atoms with van der Waals surface area (Å²) < 4.78 is 28.5. The van der Waals surface area contributed by atoms with E-state index < -0.39 is 29.3 Å². The van der Waals surface area contributed by atoms with Gasteiger partial charge < -0.3 is 15.2 Å². The summed E-state index contributed by atoms with van der Waals surface area (Å²) >= 11 is 0. The second-order valence-electron chi connectivity index (χ2n) is 8.31. The van der Waals surface area contributed by atoms with Crippen molar-refractivity contribution in [3.63, 3.8) is 0 Å². The zero-order chi connectivity index (χ0) is 26.5. The summed E-state index contributed by atoms with van der Waals surface area (Å²) in [5, 5.41) is 5.42. The first-order valence-corrected chi connectivity index (χ1v) is 11.3. The number of nitrogens with one attached hydrogen (secondary N) is 2. The highest BCUT2D eigenvalue weighted by Crippen LogP contribution is 2.21. The van der Waals surface area contributed by atoms with Crippen LogP contribution < -0.4 is 16.2 Å².